The molecule has 0 bridgehead atoms. The first kappa shape index (κ1) is 17.7. The molecule has 9 nitrogen and oxygen atoms in total. The number of alkyl halides is 2. The first-order chi connectivity index (χ1) is 13.5. The molecule has 0 saturated heterocycles. The maximum Gasteiger partial charge on any atom is 0.388 e. The molecule has 1 unspecified atom stereocenters. The Morgan fingerprint density at radius 2 is 2.07 bits per heavy atom. The first-order valence-corrected chi connectivity index (χ1v) is 8.08. The highest BCUT2D eigenvalue weighted by molar-refractivity contribution is 5.72. The van der Waals surface area contributed by atoms with E-state index in [0.29, 0.717) is 22.5 Å². The molecular weight excluding hydrogens is 377 g/mol. The lowest BCUT2D eigenvalue weighted by molar-refractivity contribution is -0.0528. The minimum absolute atomic E-state index is 0.197. The third-order valence-electron chi connectivity index (χ3n) is 3.94. The van der Waals surface area contributed by atoms with Crippen LogP contribution in [0.5, 0.6) is 5.88 Å². The highest BCUT2D eigenvalue weighted by atomic mass is 19.3. The van der Waals surface area contributed by atoms with Gasteiger partial charge in [-0.25, -0.2) is 24.1 Å². The van der Waals surface area contributed by atoms with E-state index >= 15 is 0 Å². The lowest BCUT2D eigenvalue weighted by Gasteiger charge is -2.13. The number of hydrogen-bond acceptors (Lipinski definition) is 7. The summed E-state index contributed by atoms with van der Waals surface area (Å²) in [7, 11) is 0. The summed E-state index contributed by atoms with van der Waals surface area (Å²) < 4.78 is 44.3. The molecule has 0 aliphatic carbocycles. The smallest absolute Gasteiger partial charge is 0.388 e. The second-order valence-corrected chi connectivity index (χ2v) is 5.75. The Kier molecular flexibility index (Phi) is 4.51. The summed E-state index contributed by atoms with van der Waals surface area (Å²) >= 11 is 0. The fraction of sp³-hybridized carbons (Fsp3) is 0.188. The SMILES string of the molecule is CC(c1cnccc1F)n1ncc2ncc(Nc3cc(OC(F)F)[nH]n3)nc21. The van der Waals surface area contributed by atoms with Crippen LogP contribution in [0.2, 0.25) is 0 Å². The summed E-state index contributed by atoms with van der Waals surface area (Å²) in [5, 5.41) is 13.2. The summed E-state index contributed by atoms with van der Waals surface area (Å²) in [5.74, 6) is -0.0985. The number of nitrogens with zero attached hydrogens (tertiary/aromatic N) is 6. The molecule has 1 atom stereocenters. The van der Waals surface area contributed by atoms with Crippen molar-refractivity contribution in [2.75, 3.05) is 5.32 Å². The number of rotatable bonds is 6. The van der Waals surface area contributed by atoms with Gasteiger partial charge in [-0.1, -0.05) is 0 Å². The normalized spacial score (nSPS) is 12.5. The third-order valence-corrected chi connectivity index (χ3v) is 3.94. The predicted molar refractivity (Wildman–Crippen MR) is 91.8 cm³/mol. The first-order valence-electron chi connectivity index (χ1n) is 8.08. The van der Waals surface area contributed by atoms with E-state index in [1.165, 1.54) is 41.6 Å². The molecule has 144 valence electrons. The minimum atomic E-state index is -2.96. The quantitative estimate of drug-likeness (QED) is 0.521. The van der Waals surface area contributed by atoms with Crippen molar-refractivity contribution in [2.24, 2.45) is 0 Å². The van der Waals surface area contributed by atoms with Crippen LogP contribution in [0.25, 0.3) is 11.2 Å². The molecule has 2 N–H and O–H groups in total. The lowest BCUT2D eigenvalue weighted by atomic mass is 10.1. The zero-order valence-electron chi connectivity index (χ0n) is 14.3. The Morgan fingerprint density at radius 3 is 2.86 bits per heavy atom. The van der Waals surface area contributed by atoms with E-state index in [-0.39, 0.29) is 11.7 Å². The third kappa shape index (κ3) is 3.43. The number of H-pyrrole nitrogens is 1. The Balaban J connectivity index is 1.63. The van der Waals surface area contributed by atoms with Crippen molar-refractivity contribution < 1.29 is 17.9 Å². The summed E-state index contributed by atoms with van der Waals surface area (Å²) in [6.07, 6.45) is 5.74. The van der Waals surface area contributed by atoms with Crippen LogP contribution in [0, 0.1) is 5.82 Å². The van der Waals surface area contributed by atoms with E-state index in [4.69, 9.17) is 0 Å². The van der Waals surface area contributed by atoms with Crippen LogP contribution in [-0.2, 0) is 0 Å². The monoisotopic (exact) mass is 390 g/mol. The van der Waals surface area contributed by atoms with Gasteiger partial charge in [-0.05, 0) is 13.0 Å². The van der Waals surface area contributed by atoms with Crippen molar-refractivity contribution in [3.8, 4) is 5.88 Å². The fourth-order valence-electron chi connectivity index (χ4n) is 2.65. The van der Waals surface area contributed by atoms with Gasteiger partial charge in [0.2, 0.25) is 5.88 Å². The van der Waals surface area contributed by atoms with Crippen molar-refractivity contribution in [2.45, 2.75) is 19.6 Å². The van der Waals surface area contributed by atoms with Gasteiger partial charge in [-0.2, -0.15) is 19.0 Å². The topological polar surface area (TPSA) is 106 Å². The van der Waals surface area contributed by atoms with Crippen molar-refractivity contribution in [1.29, 1.82) is 0 Å². The Morgan fingerprint density at radius 1 is 1.21 bits per heavy atom. The number of halogens is 3. The number of pyridine rings is 1. The molecule has 0 aliphatic rings. The molecule has 0 fully saturated rings. The van der Waals surface area contributed by atoms with E-state index in [0.717, 1.165) is 0 Å². The van der Waals surface area contributed by atoms with Gasteiger partial charge < -0.3 is 10.1 Å². The maximum atomic E-state index is 14.1. The van der Waals surface area contributed by atoms with Gasteiger partial charge in [0, 0.05) is 24.0 Å². The lowest BCUT2D eigenvalue weighted by Crippen LogP contribution is -2.11. The van der Waals surface area contributed by atoms with Crippen LogP contribution in [-0.4, -0.2) is 41.5 Å². The molecule has 4 rings (SSSR count). The van der Waals surface area contributed by atoms with Crippen molar-refractivity contribution in [3.05, 3.63) is 48.3 Å². The molecule has 4 aromatic heterocycles. The van der Waals surface area contributed by atoms with Crippen LogP contribution in [0.4, 0.5) is 24.8 Å². The number of aromatic nitrogens is 7. The van der Waals surface area contributed by atoms with Gasteiger partial charge in [0.1, 0.15) is 11.3 Å². The summed E-state index contributed by atoms with van der Waals surface area (Å²) in [5.41, 5.74) is 1.26. The molecule has 0 aromatic carbocycles. The zero-order valence-corrected chi connectivity index (χ0v) is 14.3. The number of nitrogens with one attached hydrogen (secondary N) is 2. The molecule has 0 spiro atoms. The average molecular weight is 390 g/mol. The van der Waals surface area contributed by atoms with Crippen LogP contribution in [0.3, 0.4) is 0 Å². The van der Waals surface area contributed by atoms with Gasteiger partial charge in [-0.15, -0.1) is 0 Å². The second-order valence-electron chi connectivity index (χ2n) is 5.75. The van der Waals surface area contributed by atoms with Crippen LogP contribution in [0.15, 0.2) is 36.9 Å². The predicted octanol–water partition coefficient (Wildman–Crippen LogP) is 3.04. The standard InChI is InChI=1S/C16H13F3N8O/c1-8(9-5-20-3-2-10(9)17)27-15-11(6-22-27)21-7-13(24-15)23-12-4-14(26-25-12)28-16(18)19/h2-8,16H,1H3,(H2,23,24,25,26). The molecular formula is C16H13F3N8O. The Hall–Kier alpha value is -3.70. The van der Waals surface area contributed by atoms with Gasteiger partial charge >= 0.3 is 6.61 Å². The highest BCUT2D eigenvalue weighted by Gasteiger charge is 2.18. The van der Waals surface area contributed by atoms with Crippen LogP contribution >= 0.6 is 0 Å². The largest absolute Gasteiger partial charge is 0.417 e. The molecule has 12 heteroatoms. The van der Waals surface area contributed by atoms with E-state index in [9.17, 15) is 13.2 Å². The van der Waals surface area contributed by atoms with Gasteiger partial charge in [0.05, 0.1) is 18.4 Å². The minimum Gasteiger partial charge on any atom is -0.417 e. The van der Waals surface area contributed by atoms with Crippen molar-refractivity contribution >= 4 is 22.8 Å². The van der Waals surface area contributed by atoms with Crippen molar-refractivity contribution in [3.63, 3.8) is 0 Å². The summed E-state index contributed by atoms with van der Waals surface area (Å²) in [4.78, 5) is 12.6. The Labute approximate surface area is 155 Å². The van der Waals surface area contributed by atoms with E-state index < -0.39 is 18.5 Å². The number of anilines is 2. The van der Waals surface area contributed by atoms with E-state index in [1.807, 2.05) is 0 Å². The average Bonchev–Trinajstić information content (AvgIpc) is 3.27. The molecule has 4 heterocycles. The van der Waals surface area contributed by atoms with Crippen LogP contribution in [0.1, 0.15) is 18.5 Å². The highest BCUT2D eigenvalue weighted by Crippen LogP contribution is 2.24. The summed E-state index contributed by atoms with van der Waals surface area (Å²) in [6, 6.07) is 2.04. The Bertz CT molecular complexity index is 1110. The second kappa shape index (κ2) is 7.13. The molecule has 4 aromatic rings. The number of ether oxygens (including phenoxy) is 1. The number of aromatic amines is 1. The van der Waals surface area contributed by atoms with Crippen LogP contribution < -0.4 is 10.1 Å². The molecule has 0 amide bonds. The molecule has 0 aliphatic heterocycles. The molecule has 28 heavy (non-hydrogen) atoms. The van der Waals surface area contributed by atoms with Crippen molar-refractivity contribution in [1.82, 2.24) is 34.9 Å². The maximum absolute atomic E-state index is 14.1. The fourth-order valence-corrected chi connectivity index (χ4v) is 2.65. The molecule has 0 saturated carbocycles. The van der Waals surface area contributed by atoms with E-state index in [1.54, 1.807) is 6.92 Å². The van der Waals surface area contributed by atoms with Gasteiger partial charge in [-0.3, -0.25) is 4.98 Å². The van der Waals surface area contributed by atoms with E-state index in [2.05, 4.69) is 40.3 Å². The van der Waals surface area contributed by atoms with Gasteiger partial charge in [0.15, 0.2) is 17.3 Å². The summed E-state index contributed by atoms with van der Waals surface area (Å²) in [6.45, 7) is -1.20. The molecule has 0 radical (unpaired) electrons. The number of hydrogen-bond donors (Lipinski definition) is 2. The van der Waals surface area contributed by atoms with Gasteiger partial charge in [0.25, 0.3) is 0 Å². The number of fused-ring (bicyclic) bond motifs is 1. The zero-order chi connectivity index (χ0) is 19.7.